The quantitative estimate of drug-likeness (QED) is 0.802. The van der Waals surface area contributed by atoms with Gasteiger partial charge in [0.1, 0.15) is 10.6 Å². The van der Waals surface area contributed by atoms with E-state index in [0.29, 0.717) is 18.2 Å². The molecule has 0 aliphatic heterocycles. The van der Waals surface area contributed by atoms with E-state index in [2.05, 4.69) is 5.32 Å². The average Bonchev–Trinajstić information content (AvgIpc) is 2.79. The van der Waals surface area contributed by atoms with Crippen molar-refractivity contribution in [2.45, 2.75) is 58.0 Å². The van der Waals surface area contributed by atoms with E-state index in [-0.39, 0.29) is 16.8 Å². The van der Waals surface area contributed by atoms with E-state index in [1.54, 1.807) is 4.57 Å². The molecule has 1 atom stereocenters. The lowest BCUT2D eigenvalue weighted by molar-refractivity contribution is 0.0915. The van der Waals surface area contributed by atoms with E-state index in [9.17, 15) is 13.2 Å². The summed E-state index contributed by atoms with van der Waals surface area (Å²) in [6, 6.07) is 1.40. The van der Waals surface area contributed by atoms with Crippen LogP contribution in [0.2, 0.25) is 0 Å². The molecule has 0 bridgehead atoms. The van der Waals surface area contributed by atoms with Crippen molar-refractivity contribution in [3.05, 3.63) is 18.0 Å². The zero-order valence-electron chi connectivity index (χ0n) is 13.1. The van der Waals surface area contributed by atoms with Crippen molar-refractivity contribution in [3.8, 4) is 0 Å². The fourth-order valence-electron chi connectivity index (χ4n) is 2.24. The number of hydrogen-bond acceptors (Lipinski definition) is 3. The highest BCUT2D eigenvalue weighted by Crippen LogP contribution is 2.15. The molecule has 21 heavy (non-hydrogen) atoms. The molecule has 0 fully saturated rings. The highest BCUT2D eigenvalue weighted by Gasteiger charge is 2.21. The maximum Gasteiger partial charge on any atom is 0.268 e. The van der Waals surface area contributed by atoms with Gasteiger partial charge in [-0.2, -0.15) is 0 Å². The van der Waals surface area contributed by atoms with Gasteiger partial charge in [-0.05, 0) is 24.8 Å². The zero-order valence-corrected chi connectivity index (χ0v) is 13.9. The highest BCUT2D eigenvalue weighted by molar-refractivity contribution is 7.89. The van der Waals surface area contributed by atoms with Gasteiger partial charge in [0.25, 0.3) is 5.91 Å². The van der Waals surface area contributed by atoms with E-state index in [1.165, 1.54) is 12.3 Å². The van der Waals surface area contributed by atoms with E-state index >= 15 is 0 Å². The summed E-state index contributed by atoms with van der Waals surface area (Å²) in [5, 5.41) is 8.09. The van der Waals surface area contributed by atoms with Crippen LogP contribution in [0.3, 0.4) is 0 Å². The fraction of sp³-hybridized carbons (Fsp3) is 0.643. The molecule has 7 heteroatoms. The Bertz CT molecular complexity index is 591. The molecular formula is C14H25N3O3S. The molecule has 120 valence electrons. The number of rotatable bonds is 7. The van der Waals surface area contributed by atoms with Gasteiger partial charge < -0.3 is 9.88 Å². The highest BCUT2D eigenvalue weighted by atomic mass is 32.2. The van der Waals surface area contributed by atoms with E-state index in [0.717, 1.165) is 12.8 Å². The monoisotopic (exact) mass is 315 g/mol. The molecule has 0 radical (unpaired) electrons. The predicted octanol–water partition coefficient (Wildman–Crippen LogP) is 1.71. The van der Waals surface area contributed by atoms with Crippen molar-refractivity contribution in [1.29, 1.82) is 0 Å². The Morgan fingerprint density at radius 1 is 1.38 bits per heavy atom. The van der Waals surface area contributed by atoms with Gasteiger partial charge in [0.05, 0.1) is 0 Å². The number of nitrogens with two attached hydrogens (primary N) is 1. The number of hydrogen-bond donors (Lipinski definition) is 2. The van der Waals surface area contributed by atoms with Crippen molar-refractivity contribution in [1.82, 2.24) is 9.88 Å². The molecule has 1 heterocycles. The molecule has 0 aliphatic rings. The van der Waals surface area contributed by atoms with Crippen LogP contribution in [-0.2, 0) is 16.6 Å². The number of primary sulfonamides is 1. The number of carbonyl (C=O) groups is 1. The molecule has 3 N–H and O–H groups in total. The lowest BCUT2D eigenvalue weighted by atomic mass is 10.0. The minimum atomic E-state index is -3.81. The third-order valence-electron chi connectivity index (χ3n) is 3.46. The number of carbonyl (C=O) groups excluding carboxylic acids is 1. The van der Waals surface area contributed by atoms with Crippen molar-refractivity contribution in [2.24, 2.45) is 11.1 Å². The minimum Gasteiger partial charge on any atom is -0.348 e. The molecule has 1 amide bonds. The van der Waals surface area contributed by atoms with Crippen LogP contribution in [0.15, 0.2) is 17.2 Å². The van der Waals surface area contributed by atoms with Crippen LogP contribution in [0.1, 0.15) is 51.0 Å². The first-order valence-electron chi connectivity index (χ1n) is 7.24. The molecule has 0 aliphatic carbocycles. The Balaban J connectivity index is 3.10. The Morgan fingerprint density at radius 3 is 2.43 bits per heavy atom. The second kappa shape index (κ2) is 7.09. The number of sulfonamides is 1. The molecule has 1 rings (SSSR count). The number of nitrogens with zero attached hydrogens (tertiary/aromatic N) is 1. The van der Waals surface area contributed by atoms with Gasteiger partial charge in [-0.1, -0.05) is 27.7 Å². The topological polar surface area (TPSA) is 94.2 Å². The van der Waals surface area contributed by atoms with E-state index in [1.807, 2.05) is 27.7 Å². The molecule has 0 spiro atoms. The van der Waals surface area contributed by atoms with Crippen LogP contribution >= 0.6 is 0 Å². The van der Waals surface area contributed by atoms with Crippen molar-refractivity contribution in [2.75, 3.05) is 0 Å². The molecule has 1 aromatic heterocycles. The van der Waals surface area contributed by atoms with Crippen molar-refractivity contribution < 1.29 is 13.2 Å². The van der Waals surface area contributed by atoms with Crippen LogP contribution in [0, 0.1) is 5.92 Å². The minimum absolute atomic E-state index is 0.0290. The summed E-state index contributed by atoms with van der Waals surface area (Å²) in [4.78, 5) is 12.4. The predicted molar refractivity (Wildman–Crippen MR) is 82.5 cm³/mol. The van der Waals surface area contributed by atoms with Crippen LogP contribution in [0.5, 0.6) is 0 Å². The molecular weight excluding hydrogens is 290 g/mol. The first kappa shape index (κ1) is 17.7. The molecule has 1 aromatic rings. The number of amides is 1. The maximum atomic E-state index is 12.4. The smallest absolute Gasteiger partial charge is 0.268 e. The number of aromatic nitrogens is 1. The van der Waals surface area contributed by atoms with Gasteiger partial charge in [-0.25, -0.2) is 13.6 Å². The van der Waals surface area contributed by atoms with Crippen LogP contribution in [0.25, 0.3) is 0 Å². The zero-order chi connectivity index (χ0) is 16.2. The summed E-state index contributed by atoms with van der Waals surface area (Å²) in [7, 11) is -3.81. The summed E-state index contributed by atoms with van der Waals surface area (Å²) in [5.41, 5.74) is 0.333. The van der Waals surface area contributed by atoms with E-state index < -0.39 is 10.0 Å². The summed E-state index contributed by atoms with van der Waals surface area (Å²) < 4.78 is 24.5. The summed E-state index contributed by atoms with van der Waals surface area (Å²) in [6.07, 6.45) is 3.03. The molecule has 0 saturated heterocycles. The van der Waals surface area contributed by atoms with Gasteiger partial charge in [0.2, 0.25) is 10.0 Å². The lowest BCUT2D eigenvalue weighted by Gasteiger charge is -2.21. The maximum absolute atomic E-state index is 12.4. The number of nitrogens with one attached hydrogen (secondary N) is 1. The third kappa shape index (κ3) is 4.57. The SMILES string of the molecule is CCCn1cc(S(N)(=O)=O)cc1C(=O)NC(CC)C(C)C. The van der Waals surface area contributed by atoms with Crippen LogP contribution in [0.4, 0.5) is 0 Å². The largest absolute Gasteiger partial charge is 0.348 e. The van der Waals surface area contributed by atoms with Gasteiger partial charge in [0, 0.05) is 18.8 Å². The van der Waals surface area contributed by atoms with Gasteiger partial charge in [0.15, 0.2) is 0 Å². The summed E-state index contributed by atoms with van der Waals surface area (Å²) in [5.74, 6) is 0.0464. The Hall–Kier alpha value is -1.34. The fourth-order valence-corrected chi connectivity index (χ4v) is 2.79. The van der Waals surface area contributed by atoms with Crippen LogP contribution in [-0.4, -0.2) is 24.9 Å². The molecule has 6 nitrogen and oxygen atoms in total. The standard InChI is InChI=1S/C14H25N3O3S/c1-5-7-17-9-11(21(15,19)20)8-13(17)14(18)16-12(6-2)10(3)4/h8-10,12H,5-7H2,1-4H3,(H,16,18)(H2,15,19,20). The average molecular weight is 315 g/mol. The Labute approximate surface area is 126 Å². The molecule has 1 unspecified atom stereocenters. The van der Waals surface area contributed by atoms with Gasteiger partial charge in [-0.15, -0.1) is 0 Å². The van der Waals surface area contributed by atoms with Gasteiger partial charge >= 0.3 is 0 Å². The second-order valence-corrected chi connectivity index (χ2v) is 7.09. The van der Waals surface area contributed by atoms with Gasteiger partial charge in [-0.3, -0.25) is 4.79 Å². The summed E-state index contributed by atoms with van der Waals surface area (Å²) >= 11 is 0. The number of aryl methyl sites for hydroxylation is 1. The normalized spacial score (nSPS) is 13.4. The van der Waals surface area contributed by atoms with Crippen LogP contribution < -0.4 is 10.5 Å². The molecule has 0 aromatic carbocycles. The first-order valence-corrected chi connectivity index (χ1v) is 8.79. The molecule has 0 saturated carbocycles. The Morgan fingerprint density at radius 2 is 2.00 bits per heavy atom. The Kier molecular flexibility index (Phi) is 5.98. The van der Waals surface area contributed by atoms with Crippen molar-refractivity contribution in [3.63, 3.8) is 0 Å². The second-order valence-electron chi connectivity index (χ2n) is 5.53. The summed E-state index contributed by atoms with van der Waals surface area (Å²) in [6.45, 7) is 8.61. The first-order chi connectivity index (χ1) is 9.70. The van der Waals surface area contributed by atoms with E-state index in [4.69, 9.17) is 5.14 Å². The third-order valence-corrected chi connectivity index (χ3v) is 4.34. The lowest BCUT2D eigenvalue weighted by Crippen LogP contribution is -2.38. The van der Waals surface area contributed by atoms with Crippen molar-refractivity contribution >= 4 is 15.9 Å².